The van der Waals surface area contributed by atoms with Crippen LogP contribution in [0.1, 0.15) is 19.3 Å². The molecular weight excluding hydrogens is 422 g/mol. The van der Waals surface area contributed by atoms with Gasteiger partial charge in [0.2, 0.25) is 5.95 Å². The van der Waals surface area contributed by atoms with E-state index >= 15 is 0 Å². The van der Waals surface area contributed by atoms with Crippen LogP contribution in [-0.4, -0.2) is 74.6 Å². The van der Waals surface area contributed by atoms with Gasteiger partial charge < -0.3 is 30.1 Å². The molecule has 0 saturated carbocycles. The highest BCUT2D eigenvalue weighted by atomic mass is 32.1. The molecular formula is C23H33N7OS. The van der Waals surface area contributed by atoms with Crippen LogP contribution in [0.4, 0.5) is 23.3 Å². The van der Waals surface area contributed by atoms with Gasteiger partial charge in [-0.05, 0) is 43.6 Å². The van der Waals surface area contributed by atoms with E-state index in [2.05, 4.69) is 61.7 Å². The SMILES string of the molecule is COCCCNC(=S)Nc1nc(N2CCCC2)cc(N2CCN(c3ccccc3)CC2)n1. The van der Waals surface area contributed by atoms with Crippen molar-refractivity contribution in [3.63, 3.8) is 0 Å². The van der Waals surface area contributed by atoms with Gasteiger partial charge in [-0.2, -0.15) is 9.97 Å². The normalized spacial score (nSPS) is 16.3. The van der Waals surface area contributed by atoms with E-state index < -0.39 is 0 Å². The Balaban J connectivity index is 1.44. The minimum atomic E-state index is 0.541. The molecule has 2 fully saturated rings. The summed E-state index contributed by atoms with van der Waals surface area (Å²) in [5, 5.41) is 6.94. The van der Waals surface area contributed by atoms with Crippen molar-refractivity contribution in [2.75, 3.05) is 79.5 Å². The zero-order valence-corrected chi connectivity index (χ0v) is 19.6. The van der Waals surface area contributed by atoms with Gasteiger partial charge in [0.25, 0.3) is 0 Å². The predicted molar refractivity (Wildman–Crippen MR) is 135 cm³/mol. The van der Waals surface area contributed by atoms with Crippen molar-refractivity contribution in [3.05, 3.63) is 36.4 Å². The first-order valence-corrected chi connectivity index (χ1v) is 11.9. The number of ether oxygens (including phenoxy) is 1. The molecule has 32 heavy (non-hydrogen) atoms. The van der Waals surface area contributed by atoms with Gasteiger partial charge in [-0.1, -0.05) is 18.2 Å². The summed E-state index contributed by atoms with van der Waals surface area (Å²) in [7, 11) is 1.70. The zero-order valence-electron chi connectivity index (χ0n) is 18.8. The average Bonchev–Trinajstić information content (AvgIpc) is 3.38. The quantitative estimate of drug-likeness (QED) is 0.462. The third kappa shape index (κ3) is 5.98. The predicted octanol–water partition coefficient (Wildman–Crippen LogP) is 2.73. The van der Waals surface area contributed by atoms with E-state index in [4.69, 9.17) is 26.9 Å². The maximum Gasteiger partial charge on any atom is 0.232 e. The largest absolute Gasteiger partial charge is 0.385 e. The number of nitrogens with one attached hydrogen (secondary N) is 2. The lowest BCUT2D eigenvalue weighted by Gasteiger charge is -2.37. The Labute approximate surface area is 196 Å². The summed E-state index contributed by atoms with van der Waals surface area (Å²) in [4.78, 5) is 16.7. The second kappa shape index (κ2) is 11.3. The van der Waals surface area contributed by atoms with Gasteiger partial charge in [0.15, 0.2) is 5.11 Å². The number of nitrogens with zero attached hydrogens (tertiary/aromatic N) is 5. The van der Waals surface area contributed by atoms with Crippen molar-refractivity contribution in [2.24, 2.45) is 0 Å². The van der Waals surface area contributed by atoms with Gasteiger partial charge in [0.05, 0.1) is 0 Å². The molecule has 2 aromatic rings. The molecule has 0 radical (unpaired) electrons. The number of hydrogen-bond donors (Lipinski definition) is 2. The monoisotopic (exact) mass is 455 g/mol. The average molecular weight is 456 g/mol. The molecule has 1 aromatic heterocycles. The van der Waals surface area contributed by atoms with Crippen molar-refractivity contribution >= 4 is 40.6 Å². The minimum absolute atomic E-state index is 0.541. The highest BCUT2D eigenvalue weighted by Crippen LogP contribution is 2.26. The molecule has 172 valence electrons. The molecule has 0 unspecified atom stereocenters. The minimum Gasteiger partial charge on any atom is -0.385 e. The highest BCUT2D eigenvalue weighted by Gasteiger charge is 2.22. The standard InChI is InChI=1S/C23H33N7OS/c1-31-17-7-10-24-23(32)27-22-25-20(29-11-5-6-12-29)18-21(26-22)30-15-13-28(14-16-30)19-8-3-2-4-9-19/h2-4,8-9,18H,5-7,10-17H2,1H3,(H2,24,25,26,27,32). The van der Waals surface area contributed by atoms with Gasteiger partial charge in [0.1, 0.15) is 11.6 Å². The van der Waals surface area contributed by atoms with E-state index in [1.54, 1.807) is 7.11 Å². The molecule has 2 saturated heterocycles. The summed E-state index contributed by atoms with van der Waals surface area (Å²) in [5.41, 5.74) is 1.28. The number of para-hydroxylation sites is 1. The summed E-state index contributed by atoms with van der Waals surface area (Å²) in [6.07, 6.45) is 3.30. The van der Waals surface area contributed by atoms with Crippen LogP contribution in [0.3, 0.4) is 0 Å². The lowest BCUT2D eigenvalue weighted by atomic mass is 10.2. The number of aromatic nitrogens is 2. The van der Waals surface area contributed by atoms with Crippen molar-refractivity contribution in [1.82, 2.24) is 15.3 Å². The summed E-state index contributed by atoms with van der Waals surface area (Å²) in [5.74, 6) is 2.49. The first-order valence-electron chi connectivity index (χ1n) is 11.5. The van der Waals surface area contributed by atoms with E-state index in [1.165, 1.54) is 18.5 Å². The Hall–Kier alpha value is -2.65. The van der Waals surface area contributed by atoms with Crippen LogP contribution >= 0.6 is 12.2 Å². The summed E-state index contributed by atoms with van der Waals surface area (Å²) < 4.78 is 5.09. The van der Waals surface area contributed by atoms with Crippen molar-refractivity contribution in [3.8, 4) is 0 Å². The topological polar surface area (TPSA) is 68.8 Å². The van der Waals surface area contributed by atoms with E-state index in [9.17, 15) is 0 Å². The van der Waals surface area contributed by atoms with Crippen molar-refractivity contribution in [2.45, 2.75) is 19.3 Å². The maximum absolute atomic E-state index is 5.46. The Morgan fingerprint density at radius 1 is 0.938 bits per heavy atom. The molecule has 2 aliphatic heterocycles. The second-order valence-corrected chi connectivity index (χ2v) is 8.55. The molecule has 3 heterocycles. The summed E-state index contributed by atoms with van der Waals surface area (Å²) >= 11 is 5.46. The van der Waals surface area contributed by atoms with Crippen LogP contribution in [-0.2, 0) is 4.74 Å². The van der Waals surface area contributed by atoms with Crippen LogP contribution in [0.5, 0.6) is 0 Å². The molecule has 8 nitrogen and oxygen atoms in total. The number of methoxy groups -OCH3 is 1. The third-order valence-corrected chi connectivity index (χ3v) is 6.14. The smallest absolute Gasteiger partial charge is 0.232 e. The van der Waals surface area contributed by atoms with E-state index in [0.717, 1.165) is 63.9 Å². The molecule has 2 aliphatic rings. The Kier molecular flexibility index (Phi) is 7.95. The van der Waals surface area contributed by atoms with Crippen LogP contribution in [0.25, 0.3) is 0 Å². The van der Waals surface area contributed by atoms with Gasteiger partial charge in [-0.15, -0.1) is 0 Å². The Bertz CT molecular complexity index is 868. The maximum atomic E-state index is 5.46. The van der Waals surface area contributed by atoms with E-state index in [1.807, 2.05) is 0 Å². The number of thiocarbonyl (C=S) groups is 1. The van der Waals surface area contributed by atoms with E-state index in [-0.39, 0.29) is 0 Å². The molecule has 9 heteroatoms. The van der Waals surface area contributed by atoms with Crippen molar-refractivity contribution in [1.29, 1.82) is 0 Å². The van der Waals surface area contributed by atoms with Crippen molar-refractivity contribution < 1.29 is 4.74 Å². The second-order valence-electron chi connectivity index (χ2n) is 8.14. The van der Waals surface area contributed by atoms with E-state index in [0.29, 0.717) is 17.7 Å². The zero-order chi connectivity index (χ0) is 22.2. The molecule has 1 aromatic carbocycles. The Morgan fingerprint density at radius 2 is 1.56 bits per heavy atom. The summed E-state index contributed by atoms with van der Waals surface area (Å²) in [6.45, 7) is 7.31. The Morgan fingerprint density at radius 3 is 2.22 bits per heavy atom. The highest BCUT2D eigenvalue weighted by molar-refractivity contribution is 7.80. The molecule has 2 N–H and O–H groups in total. The number of piperazine rings is 1. The van der Waals surface area contributed by atoms with Crippen LogP contribution < -0.4 is 25.3 Å². The molecule has 0 aliphatic carbocycles. The number of benzene rings is 1. The molecule has 0 spiro atoms. The van der Waals surface area contributed by atoms with Crippen LogP contribution in [0.15, 0.2) is 36.4 Å². The molecule has 0 amide bonds. The summed E-state index contributed by atoms with van der Waals surface area (Å²) in [6, 6.07) is 12.7. The number of hydrogen-bond acceptors (Lipinski definition) is 7. The van der Waals surface area contributed by atoms with Crippen LogP contribution in [0.2, 0.25) is 0 Å². The van der Waals surface area contributed by atoms with Gasteiger partial charge >= 0.3 is 0 Å². The van der Waals surface area contributed by atoms with Gasteiger partial charge in [-0.3, -0.25) is 0 Å². The van der Waals surface area contributed by atoms with Crippen LogP contribution in [0, 0.1) is 0 Å². The van der Waals surface area contributed by atoms with Gasteiger partial charge in [-0.25, -0.2) is 0 Å². The molecule has 0 bridgehead atoms. The van der Waals surface area contributed by atoms with Gasteiger partial charge in [0, 0.05) is 71.3 Å². The first-order chi connectivity index (χ1) is 15.7. The fourth-order valence-electron chi connectivity index (χ4n) is 4.14. The molecule has 4 rings (SSSR count). The molecule has 0 atom stereocenters. The fraction of sp³-hybridized carbons (Fsp3) is 0.522. The first kappa shape index (κ1) is 22.5. The lowest BCUT2D eigenvalue weighted by molar-refractivity contribution is 0.196. The number of rotatable bonds is 8. The fourth-order valence-corrected chi connectivity index (χ4v) is 4.34. The third-order valence-electron chi connectivity index (χ3n) is 5.89. The number of anilines is 4. The lowest BCUT2D eigenvalue weighted by Crippen LogP contribution is -2.47.